The smallest absolute Gasteiger partial charge is 0.179 e. The molecule has 0 radical (unpaired) electrons. The Morgan fingerprint density at radius 3 is 1.72 bits per heavy atom. The van der Waals surface area contributed by atoms with Crippen molar-refractivity contribution in [3.8, 4) is 0 Å². The second kappa shape index (κ2) is 3.01. The lowest BCUT2D eigenvalue weighted by atomic mass is 9.38. The Hall–Kier alpha value is 0.400. The van der Waals surface area contributed by atoms with Crippen LogP contribution < -0.4 is 0 Å². The van der Waals surface area contributed by atoms with Crippen molar-refractivity contribution in [3.05, 3.63) is 0 Å². The van der Waals surface area contributed by atoms with Crippen LogP contribution in [0.15, 0.2) is 0 Å². The van der Waals surface area contributed by atoms with E-state index >= 15 is 0 Å². The molecule has 2 atom stereocenters. The molecule has 0 amide bonds. The van der Waals surface area contributed by atoms with Crippen LogP contribution in [0.25, 0.3) is 0 Å². The first kappa shape index (κ1) is 12.2. The maximum absolute atomic E-state index is 6.27. The minimum Gasteiger partial charge on any atom is -0.346 e. The Morgan fingerprint density at radius 2 is 1.28 bits per heavy atom. The van der Waals surface area contributed by atoms with Crippen LogP contribution in [0.2, 0.25) is 0 Å². The minimum absolute atomic E-state index is 0.172. The first-order valence-electron chi connectivity index (χ1n) is 7.21. The number of alkyl halides is 1. The second-order valence-electron chi connectivity index (χ2n) is 8.28. The zero-order valence-electron chi connectivity index (χ0n) is 11.6. The van der Waals surface area contributed by atoms with E-state index in [0.29, 0.717) is 9.74 Å². The van der Waals surface area contributed by atoms with E-state index < -0.39 is 0 Å². The second-order valence-corrected chi connectivity index (χ2v) is 9.96. The van der Waals surface area contributed by atoms with Crippen LogP contribution in [0.5, 0.6) is 0 Å². The van der Waals surface area contributed by atoms with Gasteiger partial charge in [-0.3, -0.25) is 0 Å². The molecule has 5 rings (SSSR count). The van der Waals surface area contributed by atoms with Crippen molar-refractivity contribution in [2.75, 3.05) is 13.2 Å². The maximum atomic E-state index is 6.27. The lowest BCUT2D eigenvalue weighted by Gasteiger charge is -2.73. The van der Waals surface area contributed by atoms with E-state index in [4.69, 9.17) is 9.47 Å². The number of hydrogen-bond acceptors (Lipinski definition) is 2. The highest BCUT2D eigenvalue weighted by molar-refractivity contribution is 9.10. The van der Waals surface area contributed by atoms with E-state index in [9.17, 15) is 0 Å². The Labute approximate surface area is 118 Å². The van der Waals surface area contributed by atoms with Crippen LogP contribution in [0.1, 0.15) is 52.9 Å². The van der Waals surface area contributed by atoms with E-state index in [1.807, 2.05) is 0 Å². The van der Waals surface area contributed by atoms with E-state index in [1.54, 1.807) is 0 Å². The molecular formula is C15H23BrO2. The highest BCUT2D eigenvalue weighted by atomic mass is 79.9. The summed E-state index contributed by atoms with van der Waals surface area (Å²) in [6, 6.07) is 0. The number of ether oxygens (including phenoxy) is 2. The van der Waals surface area contributed by atoms with Gasteiger partial charge < -0.3 is 9.47 Å². The molecule has 1 heterocycles. The molecule has 18 heavy (non-hydrogen) atoms. The molecule has 0 N–H and O–H groups in total. The van der Waals surface area contributed by atoms with Crippen LogP contribution in [-0.2, 0) is 9.47 Å². The zero-order valence-corrected chi connectivity index (χ0v) is 13.2. The summed E-state index contributed by atoms with van der Waals surface area (Å²) in [7, 11) is 0. The van der Waals surface area contributed by atoms with Gasteiger partial charge in [-0.1, -0.05) is 36.7 Å². The van der Waals surface area contributed by atoms with Crippen molar-refractivity contribution in [2.24, 2.45) is 16.2 Å². The molecule has 5 fully saturated rings. The number of hydrogen-bond donors (Lipinski definition) is 0. The highest BCUT2D eigenvalue weighted by Crippen LogP contribution is 2.77. The van der Waals surface area contributed by atoms with Gasteiger partial charge in [-0.15, -0.1) is 0 Å². The molecule has 5 aliphatic rings. The molecule has 1 aliphatic heterocycles. The normalized spacial score (nSPS) is 60.7. The van der Waals surface area contributed by atoms with E-state index in [0.717, 1.165) is 13.2 Å². The average Bonchev–Trinajstić information content (AvgIpc) is 2.58. The van der Waals surface area contributed by atoms with Crippen molar-refractivity contribution in [2.45, 2.75) is 63.0 Å². The van der Waals surface area contributed by atoms with Crippen LogP contribution in [0.3, 0.4) is 0 Å². The Balaban J connectivity index is 1.90. The van der Waals surface area contributed by atoms with Gasteiger partial charge in [-0.25, -0.2) is 0 Å². The molecule has 1 saturated heterocycles. The predicted molar refractivity (Wildman–Crippen MR) is 73.7 cm³/mol. The van der Waals surface area contributed by atoms with E-state index in [-0.39, 0.29) is 16.6 Å². The minimum atomic E-state index is -0.308. The summed E-state index contributed by atoms with van der Waals surface area (Å²) in [5, 5.41) is 0. The number of rotatable bonds is 0. The third kappa shape index (κ3) is 1.18. The fourth-order valence-electron chi connectivity index (χ4n) is 6.85. The molecular weight excluding hydrogens is 292 g/mol. The molecule has 0 aromatic heterocycles. The first-order valence-corrected chi connectivity index (χ1v) is 8.00. The van der Waals surface area contributed by atoms with Crippen molar-refractivity contribution >= 4 is 15.9 Å². The lowest BCUT2D eigenvalue weighted by molar-refractivity contribution is -0.367. The Kier molecular flexibility index (Phi) is 2.04. The van der Waals surface area contributed by atoms with Gasteiger partial charge in [-0.05, 0) is 37.5 Å². The maximum Gasteiger partial charge on any atom is 0.179 e. The summed E-state index contributed by atoms with van der Waals surface area (Å²) in [5.74, 6) is -0.308. The van der Waals surface area contributed by atoms with Crippen molar-refractivity contribution in [3.63, 3.8) is 0 Å². The fraction of sp³-hybridized carbons (Fsp3) is 1.00. The Morgan fingerprint density at radius 1 is 0.778 bits per heavy atom. The van der Waals surface area contributed by atoms with Gasteiger partial charge in [0, 0.05) is 15.2 Å². The SMILES string of the molecule is CC12CC3(Br)CC(C)(C1)C1(OCCO1)C(C)(C2)C3. The van der Waals surface area contributed by atoms with Gasteiger partial charge in [0.05, 0.1) is 13.2 Å². The third-order valence-electron chi connectivity index (χ3n) is 6.07. The van der Waals surface area contributed by atoms with Crippen LogP contribution >= 0.6 is 15.9 Å². The monoisotopic (exact) mass is 314 g/mol. The lowest BCUT2D eigenvalue weighted by Crippen LogP contribution is -2.74. The van der Waals surface area contributed by atoms with Gasteiger partial charge in [0.1, 0.15) is 0 Å². The summed E-state index contributed by atoms with van der Waals surface area (Å²) < 4.78 is 12.9. The predicted octanol–water partition coefficient (Wildman–Crippen LogP) is 3.87. The third-order valence-corrected chi connectivity index (χ3v) is 6.92. The molecule has 1 spiro atoms. The molecule has 4 saturated carbocycles. The summed E-state index contributed by atoms with van der Waals surface area (Å²) in [6.45, 7) is 8.83. The standard InChI is InChI=1S/C15H23BrO2/c1-11-6-12(2)9-14(16,8-11)10-13(3,7-11)15(12)17-4-5-18-15/h4-10H2,1-3H3. The molecule has 0 aromatic rings. The van der Waals surface area contributed by atoms with Crippen LogP contribution in [-0.4, -0.2) is 23.3 Å². The van der Waals surface area contributed by atoms with Gasteiger partial charge in [-0.2, -0.15) is 0 Å². The van der Waals surface area contributed by atoms with E-state index in [1.165, 1.54) is 32.1 Å². The first-order chi connectivity index (χ1) is 8.24. The summed E-state index contributed by atoms with van der Waals surface area (Å²) in [4.78, 5) is 0. The van der Waals surface area contributed by atoms with Crippen LogP contribution in [0, 0.1) is 16.2 Å². The van der Waals surface area contributed by atoms with Gasteiger partial charge in [0.2, 0.25) is 0 Å². The van der Waals surface area contributed by atoms with Crippen molar-refractivity contribution in [1.82, 2.24) is 0 Å². The highest BCUT2D eigenvalue weighted by Gasteiger charge is 2.77. The van der Waals surface area contributed by atoms with Crippen molar-refractivity contribution in [1.29, 1.82) is 0 Å². The van der Waals surface area contributed by atoms with Gasteiger partial charge in [0.25, 0.3) is 0 Å². The molecule has 4 bridgehead atoms. The molecule has 0 aromatic carbocycles. The molecule has 4 aliphatic carbocycles. The van der Waals surface area contributed by atoms with E-state index in [2.05, 4.69) is 36.7 Å². The molecule has 2 unspecified atom stereocenters. The quantitative estimate of drug-likeness (QED) is 0.632. The molecule has 3 heteroatoms. The summed E-state index contributed by atoms with van der Waals surface area (Å²) in [5.41, 5.74) is 0.806. The Bertz CT molecular complexity index is 367. The summed E-state index contributed by atoms with van der Waals surface area (Å²) >= 11 is 4.08. The number of halogens is 1. The topological polar surface area (TPSA) is 18.5 Å². The molecule has 102 valence electrons. The summed E-state index contributed by atoms with van der Waals surface area (Å²) in [6.07, 6.45) is 6.23. The average molecular weight is 315 g/mol. The van der Waals surface area contributed by atoms with Gasteiger partial charge in [0.15, 0.2) is 5.79 Å². The largest absolute Gasteiger partial charge is 0.346 e. The van der Waals surface area contributed by atoms with Crippen molar-refractivity contribution < 1.29 is 9.47 Å². The fourth-order valence-corrected chi connectivity index (χ4v) is 8.77. The molecule has 2 nitrogen and oxygen atoms in total. The zero-order chi connectivity index (χ0) is 12.9. The van der Waals surface area contributed by atoms with Gasteiger partial charge >= 0.3 is 0 Å². The van der Waals surface area contributed by atoms with Crippen LogP contribution in [0.4, 0.5) is 0 Å².